The number of hydrogen-bond acceptors (Lipinski definition) is 3. The van der Waals surface area contributed by atoms with Crippen molar-refractivity contribution in [2.45, 2.75) is 32.2 Å². The molecule has 120 valence electrons. The summed E-state index contributed by atoms with van der Waals surface area (Å²) in [6, 6.07) is 7.44. The topological polar surface area (TPSA) is 58.6 Å². The summed E-state index contributed by atoms with van der Waals surface area (Å²) in [6.07, 6.45) is 1.47. The molecular weight excluding hydrogens is 304 g/mol. The van der Waals surface area contributed by atoms with Gasteiger partial charge in [0.15, 0.2) is 0 Å². The number of nitrogens with zero attached hydrogens (tertiary/aromatic N) is 1. The standard InChI is InChI=1S/C16H21ClN2O3/c1-2-22-16(21)18-14-6-8-19(9-7-14)15(20)11-12-4-3-5-13(17)10-12/h3-5,10,14H,2,6-9,11H2,1H3,(H,18,21). The van der Waals surface area contributed by atoms with Crippen molar-refractivity contribution >= 4 is 23.6 Å². The lowest BCUT2D eigenvalue weighted by atomic mass is 10.0. The summed E-state index contributed by atoms with van der Waals surface area (Å²) >= 11 is 5.93. The zero-order valence-corrected chi connectivity index (χ0v) is 13.4. The molecule has 1 N–H and O–H groups in total. The van der Waals surface area contributed by atoms with Crippen LogP contribution in [-0.2, 0) is 16.0 Å². The molecule has 2 rings (SSSR count). The molecule has 0 bridgehead atoms. The number of likely N-dealkylation sites (tertiary alicyclic amines) is 1. The number of rotatable bonds is 4. The number of carbonyl (C=O) groups is 2. The molecule has 5 nitrogen and oxygen atoms in total. The van der Waals surface area contributed by atoms with Crippen LogP contribution in [0.25, 0.3) is 0 Å². The number of nitrogens with one attached hydrogen (secondary N) is 1. The molecule has 1 aromatic carbocycles. The first-order chi connectivity index (χ1) is 10.6. The molecule has 0 spiro atoms. The molecule has 0 radical (unpaired) electrons. The van der Waals surface area contributed by atoms with E-state index in [0.717, 1.165) is 18.4 Å². The van der Waals surface area contributed by atoms with Gasteiger partial charge in [-0.15, -0.1) is 0 Å². The van der Waals surface area contributed by atoms with E-state index in [1.807, 2.05) is 23.1 Å². The second-order valence-electron chi connectivity index (χ2n) is 5.33. The minimum atomic E-state index is -0.383. The van der Waals surface area contributed by atoms with Crippen LogP contribution in [0.2, 0.25) is 5.02 Å². The predicted octanol–water partition coefficient (Wildman–Crippen LogP) is 2.62. The van der Waals surface area contributed by atoms with Crippen LogP contribution < -0.4 is 5.32 Å². The first-order valence-electron chi connectivity index (χ1n) is 7.54. The maximum Gasteiger partial charge on any atom is 0.407 e. The van der Waals surface area contributed by atoms with E-state index >= 15 is 0 Å². The number of piperidine rings is 1. The summed E-state index contributed by atoms with van der Waals surface area (Å²) in [5.41, 5.74) is 0.921. The van der Waals surface area contributed by atoms with Crippen LogP contribution in [0.15, 0.2) is 24.3 Å². The fraction of sp³-hybridized carbons (Fsp3) is 0.500. The van der Waals surface area contributed by atoms with Gasteiger partial charge < -0.3 is 15.0 Å². The molecule has 0 atom stereocenters. The third kappa shape index (κ3) is 4.91. The highest BCUT2D eigenvalue weighted by Gasteiger charge is 2.24. The number of ether oxygens (including phenoxy) is 1. The molecule has 0 saturated carbocycles. The molecular formula is C16H21ClN2O3. The Kier molecular flexibility index (Phi) is 6.07. The number of amides is 2. The van der Waals surface area contributed by atoms with Crippen LogP contribution in [0, 0.1) is 0 Å². The molecule has 6 heteroatoms. The Morgan fingerprint density at radius 3 is 2.73 bits per heavy atom. The van der Waals surface area contributed by atoms with E-state index in [1.54, 1.807) is 13.0 Å². The third-order valence-electron chi connectivity index (χ3n) is 3.69. The van der Waals surface area contributed by atoms with Crippen molar-refractivity contribution in [3.05, 3.63) is 34.9 Å². The van der Waals surface area contributed by atoms with Gasteiger partial charge in [0.25, 0.3) is 0 Å². The average molecular weight is 325 g/mol. The molecule has 1 aliphatic rings. The van der Waals surface area contributed by atoms with Gasteiger partial charge in [0.1, 0.15) is 0 Å². The quantitative estimate of drug-likeness (QED) is 0.926. The molecule has 2 amide bonds. The molecule has 1 aliphatic heterocycles. The van der Waals surface area contributed by atoms with Crippen LogP contribution in [0.3, 0.4) is 0 Å². The lowest BCUT2D eigenvalue weighted by Crippen LogP contribution is -2.47. The molecule has 1 saturated heterocycles. The maximum atomic E-state index is 12.3. The van der Waals surface area contributed by atoms with Gasteiger partial charge in [-0.25, -0.2) is 4.79 Å². The summed E-state index contributed by atoms with van der Waals surface area (Å²) in [7, 11) is 0. The van der Waals surface area contributed by atoms with E-state index < -0.39 is 0 Å². The monoisotopic (exact) mass is 324 g/mol. The highest BCUT2D eigenvalue weighted by molar-refractivity contribution is 6.30. The molecule has 0 unspecified atom stereocenters. The number of benzene rings is 1. The van der Waals surface area contributed by atoms with Gasteiger partial charge in [-0.2, -0.15) is 0 Å². The first-order valence-corrected chi connectivity index (χ1v) is 7.91. The van der Waals surface area contributed by atoms with Crippen molar-refractivity contribution < 1.29 is 14.3 Å². The first kappa shape index (κ1) is 16.6. The van der Waals surface area contributed by atoms with Crippen molar-refractivity contribution in [2.24, 2.45) is 0 Å². The van der Waals surface area contributed by atoms with E-state index in [0.29, 0.717) is 31.1 Å². The summed E-state index contributed by atoms with van der Waals surface area (Å²) in [5.74, 6) is 0.0943. The van der Waals surface area contributed by atoms with Crippen LogP contribution in [0.5, 0.6) is 0 Å². The SMILES string of the molecule is CCOC(=O)NC1CCN(C(=O)Cc2cccc(Cl)c2)CC1. The Morgan fingerprint density at radius 2 is 2.09 bits per heavy atom. The van der Waals surface area contributed by atoms with E-state index in [9.17, 15) is 9.59 Å². The minimum absolute atomic E-state index is 0.0780. The Bertz CT molecular complexity index is 528. The molecule has 0 aliphatic carbocycles. The molecule has 1 fully saturated rings. The number of carbonyl (C=O) groups excluding carboxylic acids is 2. The second kappa shape index (κ2) is 8.03. The number of alkyl carbamates (subject to hydrolysis) is 1. The van der Waals surface area contributed by atoms with Gasteiger partial charge in [-0.3, -0.25) is 4.79 Å². The molecule has 0 aromatic heterocycles. The molecule has 1 heterocycles. The van der Waals surface area contributed by atoms with E-state index in [1.165, 1.54) is 0 Å². The summed E-state index contributed by atoms with van der Waals surface area (Å²) in [5, 5.41) is 3.46. The van der Waals surface area contributed by atoms with Gasteiger partial charge >= 0.3 is 6.09 Å². The zero-order chi connectivity index (χ0) is 15.9. The van der Waals surface area contributed by atoms with Crippen molar-refractivity contribution in [3.63, 3.8) is 0 Å². The Hall–Kier alpha value is -1.75. The van der Waals surface area contributed by atoms with Crippen LogP contribution in [-0.4, -0.2) is 42.6 Å². The molecule has 1 aromatic rings. The van der Waals surface area contributed by atoms with Gasteiger partial charge in [-0.05, 0) is 37.5 Å². The molecule has 22 heavy (non-hydrogen) atoms. The lowest BCUT2D eigenvalue weighted by molar-refractivity contribution is -0.131. The zero-order valence-electron chi connectivity index (χ0n) is 12.7. The Morgan fingerprint density at radius 1 is 1.36 bits per heavy atom. The van der Waals surface area contributed by atoms with Crippen molar-refractivity contribution in [1.29, 1.82) is 0 Å². The van der Waals surface area contributed by atoms with Gasteiger partial charge in [0.2, 0.25) is 5.91 Å². The van der Waals surface area contributed by atoms with Crippen molar-refractivity contribution in [3.8, 4) is 0 Å². The van der Waals surface area contributed by atoms with Crippen LogP contribution >= 0.6 is 11.6 Å². The third-order valence-corrected chi connectivity index (χ3v) is 3.92. The highest BCUT2D eigenvalue weighted by Crippen LogP contribution is 2.15. The van der Waals surface area contributed by atoms with Crippen molar-refractivity contribution in [2.75, 3.05) is 19.7 Å². The van der Waals surface area contributed by atoms with Crippen molar-refractivity contribution in [1.82, 2.24) is 10.2 Å². The Labute approximate surface area is 135 Å². The Balaban J connectivity index is 1.78. The maximum absolute atomic E-state index is 12.3. The number of halogens is 1. The van der Waals surface area contributed by atoms with E-state index in [2.05, 4.69) is 5.32 Å². The predicted molar refractivity (Wildman–Crippen MR) is 84.9 cm³/mol. The van der Waals surface area contributed by atoms with Gasteiger partial charge in [0, 0.05) is 24.2 Å². The van der Waals surface area contributed by atoms with Crippen LogP contribution in [0.1, 0.15) is 25.3 Å². The average Bonchev–Trinajstić information content (AvgIpc) is 2.48. The largest absolute Gasteiger partial charge is 0.450 e. The summed E-state index contributed by atoms with van der Waals surface area (Å²) < 4.78 is 4.87. The highest BCUT2D eigenvalue weighted by atomic mass is 35.5. The summed E-state index contributed by atoms with van der Waals surface area (Å²) in [4.78, 5) is 25.5. The van der Waals surface area contributed by atoms with Gasteiger partial charge in [0.05, 0.1) is 13.0 Å². The fourth-order valence-electron chi connectivity index (χ4n) is 2.55. The fourth-order valence-corrected chi connectivity index (χ4v) is 2.76. The number of hydrogen-bond donors (Lipinski definition) is 1. The minimum Gasteiger partial charge on any atom is -0.450 e. The van der Waals surface area contributed by atoms with Crippen LogP contribution in [0.4, 0.5) is 4.79 Å². The second-order valence-corrected chi connectivity index (χ2v) is 5.76. The lowest BCUT2D eigenvalue weighted by Gasteiger charge is -2.32. The van der Waals surface area contributed by atoms with E-state index in [-0.39, 0.29) is 18.0 Å². The normalized spacial score (nSPS) is 15.5. The van der Waals surface area contributed by atoms with E-state index in [4.69, 9.17) is 16.3 Å². The van der Waals surface area contributed by atoms with Gasteiger partial charge in [-0.1, -0.05) is 23.7 Å². The summed E-state index contributed by atoms with van der Waals surface area (Å²) in [6.45, 7) is 3.44. The smallest absolute Gasteiger partial charge is 0.407 e.